The zero-order chi connectivity index (χ0) is 22.9. The number of halogens is 2. The number of carbonyl (C=O) groups excluding carboxylic acids is 1. The highest BCUT2D eigenvalue weighted by atomic mass is 35.5. The van der Waals surface area contributed by atoms with E-state index in [0.717, 1.165) is 6.20 Å². The molecule has 11 nitrogen and oxygen atoms in total. The highest BCUT2D eigenvalue weighted by molar-refractivity contribution is 6.31. The Balaban J connectivity index is 1.28. The van der Waals surface area contributed by atoms with Crippen molar-refractivity contribution in [2.45, 2.75) is 12.5 Å². The van der Waals surface area contributed by atoms with Gasteiger partial charge in [-0.1, -0.05) is 11.6 Å². The number of hydrogen-bond acceptors (Lipinski definition) is 8. The molecule has 0 bridgehead atoms. The Morgan fingerprint density at radius 2 is 2.00 bits per heavy atom. The Kier molecular flexibility index (Phi) is 5.58. The number of pyridine rings is 1. The van der Waals surface area contributed by atoms with Crippen molar-refractivity contribution in [3.8, 4) is 11.5 Å². The predicted molar refractivity (Wildman–Crippen MR) is 118 cm³/mol. The molecule has 0 N–H and O–H groups in total. The minimum absolute atomic E-state index is 0.0833. The van der Waals surface area contributed by atoms with Gasteiger partial charge in [0.25, 0.3) is 0 Å². The highest BCUT2D eigenvalue weighted by Gasteiger charge is 2.35. The number of piperazine rings is 1. The summed E-state index contributed by atoms with van der Waals surface area (Å²) in [5.41, 5.74) is 0.708. The van der Waals surface area contributed by atoms with Crippen molar-refractivity contribution in [2.75, 3.05) is 31.1 Å². The van der Waals surface area contributed by atoms with Crippen molar-refractivity contribution >= 4 is 29.8 Å². The minimum Gasteiger partial charge on any atom is -0.337 e. The topological polar surface area (TPSA) is 109 Å². The minimum atomic E-state index is -0.574. The van der Waals surface area contributed by atoms with E-state index in [1.807, 2.05) is 4.90 Å². The van der Waals surface area contributed by atoms with E-state index in [1.165, 1.54) is 16.0 Å². The Labute approximate surface area is 193 Å². The van der Waals surface area contributed by atoms with Crippen LogP contribution in [-0.4, -0.2) is 78.0 Å². The zero-order valence-corrected chi connectivity index (χ0v) is 18.5. The lowest BCUT2D eigenvalue weighted by molar-refractivity contribution is 0.138. The van der Waals surface area contributed by atoms with Crippen LogP contribution in [-0.2, 0) is 7.05 Å². The summed E-state index contributed by atoms with van der Waals surface area (Å²) in [6.07, 6.45) is 6.37. The van der Waals surface area contributed by atoms with Crippen molar-refractivity contribution < 1.29 is 9.18 Å². The summed E-state index contributed by atoms with van der Waals surface area (Å²) in [6, 6.07) is 2.95. The molecule has 0 aromatic carbocycles. The fourth-order valence-electron chi connectivity index (χ4n) is 3.89. The first-order chi connectivity index (χ1) is 16.0. The Hall–Kier alpha value is -3.67. The van der Waals surface area contributed by atoms with Gasteiger partial charge in [0.2, 0.25) is 5.95 Å². The van der Waals surface area contributed by atoms with E-state index < -0.39 is 5.82 Å². The van der Waals surface area contributed by atoms with Crippen LogP contribution in [0.2, 0.25) is 5.02 Å². The fraction of sp³-hybridized carbons (Fsp3) is 0.350. The number of nitrogens with zero attached hydrogens (tertiary/aromatic N) is 10. The SMILES string of the molecule is Cn1ncnc1-c1nc(N2CCN(C(=O)N3N=CCC3c3ncccc3Cl)CC2)ncc1F. The van der Waals surface area contributed by atoms with Gasteiger partial charge >= 0.3 is 6.03 Å². The molecule has 0 aliphatic carbocycles. The molecular formula is C20H20ClFN10O. The largest absolute Gasteiger partial charge is 0.341 e. The van der Waals surface area contributed by atoms with Crippen molar-refractivity contribution in [1.82, 2.24) is 39.6 Å². The lowest BCUT2D eigenvalue weighted by Gasteiger charge is -2.37. The second-order valence-corrected chi connectivity index (χ2v) is 8.00. The molecule has 2 amide bonds. The molecule has 2 aliphatic rings. The molecule has 170 valence electrons. The predicted octanol–water partition coefficient (Wildman–Crippen LogP) is 2.13. The molecule has 2 aliphatic heterocycles. The van der Waals surface area contributed by atoms with Crippen LogP contribution in [0.15, 0.2) is 36.0 Å². The number of carbonyl (C=O) groups is 1. The molecule has 1 unspecified atom stereocenters. The van der Waals surface area contributed by atoms with Gasteiger partial charge in [0, 0.05) is 52.1 Å². The Morgan fingerprint density at radius 3 is 2.73 bits per heavy atom. The van der Waals surface area contributed by atoms with Gasteiger partial charge in [-0.05, 0) is 12.1 Å². The number of aromatic nitrogens is 6. The molecule has 1 fully saturated rings. The van der Waals surface area contributed by atoms with Gasteiger partial charge in [-0.2, -0.15) is 10.2 Å². The molecule has 33 heavy (non-hydrogen) atoms. The number of hydrogen-bond donors (Lipinski definition) is 0. The molecule has 3 aromatic rings. The highest BCUT2D eigenvalue weighted by Crippen LogP contribution is 2.32. The zero-order valence-electron chi connectivity index (χ0n) is 17.7. The standard InChI is InChI=1S/C20H20ClFN10O/c1-29-18(25-12-27-29)17-14(22)11-24-19(28-17)30-7-9-31(10-8-30)20(33)32-15(4-6-26-32)16-13(21)3-2-5-23-16/h2-3,5-6,11-12,15H,4,7-10H2,1H3. The molecule has 0 spiro atoms. The maximum atomic E-state index is 14.3. The molecule has 5 rings (SSSR count). The summed E-state index contributed by atoms with van der Waals surface area (Å²) in [4.78, 5) is 33.7. The first-order valence-electron chi connectivity index (χ1n) is 10.4. The van der Waals surface area contributed by atoms with Crippen molar-refractivity contribution in [3.05, 3.63) is 47.4 Å². The van der Waals surface area contributed by atoms with Crippen LogP contribution < -0.4 is 4.90 Å². The summed E-state index contributed by atoms with van der Waals surface area (Å²) < 4.78 is 15.8. The van der Waals surface area contributed by atoms with Crippen LogP contribution in [0.4, 0.5) is 15.1 Å². The van der Waals surface area contributed by atoms with Gasteiger partial charge < -0.3 is 9.80 Å². The lowest BCUT2D eigenvalue weighted by atomic mass is 10.1. The van der Waals surface area contributed by atoms with E-state index in [0.29, 0.717) is 55.1 Å². The van der Waals surface area contributed by atoms with E-state index in [-0.39, 0.29) is 17.8 Å². The quantitative estimate of drug-likeness (QED) is 0.576. The Morgan fingerprint density at radius 1 is 1.18 bits per heavy atom. The van der Waals surface area contributed by atoms with Crippen molar-refractivity contribution in [3.63, 3.8) is 0 Å². The summed E-state index contributed by atoms with van der Waals surface area (Å²) in [7, 11) is 1.67. The van der Waals surface area contributed by atoms with Gasteiger partial charge in [-0.25, -0.2) is 33.8 Å². The third-order valence-corrected chi connectivity index (χ3v) is 5.94. The maximum absolute atomic E-state index is 14.3. The molecular weight excluding hydrogens is 451 g/mol. The third kappa shape index (κ3) is 3.97. The summed E-state index contributed by atoms with van der Waals surface area (Å²) in [5, 5.41) is 10.2. The molecule has 1 saturated heterocycles. The van der Waals surface area contributed by atoms with E-state index >= 15 is 0 Å². The van der Waals surface area contributed by atoms with Crippen LogP contribution >= 0.6 is 11.6 Å². The third-order valence-electron chi connectivity index (χ3n) is 5.62. The van der Waals surface area contributed by atoms with E-state index in [4.69, 9.17) is 11.6 Å². The van der Waals surface area contributed by atoms with Crippen LogP contribution in [0.25, 0.3) is 11.5 Å². The number of urea groups is 1. The van der Waals surface area contributed by atoms with E-state index in [2.05, 4.69) is 30.1 Å². The van der Waals surface area contributed by atoms with Crippen LogP contribution in [0, 0.1) is 5.82 Å². The van der Waals surface area contributed by atoms with Crippen molar-refractivity contribution in [1.29, 1.82) is 0 Å². The average molecular weight is 471 g/mol. The molecule has 0 saturated carbocycles. The monoisotopic (exact) mass is 470 g/mol. The second-order valence-electron chi connectivity index (χ2n) is 7.60. The fourth-order valence-corrected chi connectivity index (χ4v) is 4.14. The first kappa shape index (κ1) is 21.2. The van der Waals surface area contributed by atoms with Gasteiger partial charge in [-0.3, -0.25) is 4.98 Å². The molecule has 3 aromatic heterocycles. The lowest BCUT2D eigenvalue weighted by Crippen LogP contribution is -2.52. The van der Waals surface area contributed by atoms with Crippen LogP contribution in [0.3, 0.4) is 0 Å². The van der Waals surface area contributed by atoms with Gasteiger partial charge in [0.05, 0.1) is 16.9 Å². The maximum Gasteiger partial charge on any atom is 0.341 e. The average Bonchev–Trinajstić information content (AvgIpc) is 3.49. The summed E-state index contributed by atoms with van der Waals surface area (Å²) in [5.74, 6) is 0.115. The van der Waals surface area contributed by atoms with Crippen LogP contribution in [0.5, 0.6) is 0 Å². The van der Waals surface area contributed by atoms with Gasteiger partial charge in [0.1, 0.15) is 18.1 Å². The molecule has 13 heteroatoms. The second kappa shape index (κ2) is 8.70. The number of hydrazone groups is 1. The molecule has 1 atom stereocenters. The summed E-state index contributed by atoms with van der Waals surface area (Å²) in [6.45, 7) is 1.85. The van der Waals surface area contributed by atoms with Crippen LogP contribution in [0.1, 0.15) is 18.2 Å². The molecule has 0 radical (unpaired) electrons. The van der Waals surface area contributed by atoms with Gasteiger partial charge in [-0.15, -0.1) is 0 Å². The number of amides is 2. The number of anilines is 1. The van der Waals surface area contributed by atoms with E-state index in [9.17, 15) is 9.18 Å². The van der Waals surface area contributed by atoms with Crippen molar-refractivity contribution in [2.24, 2.45) is 12.1 Å². The first-order valence-corrected chi connectivity index (χ1v) is 10.7. The molecule has 5 heterocycles. The van der Waals surface area contributed by atoms with E-state index in [1.54, 1.807) is 36.5 Å². The van der Waals surface area contributed by atoms with Gasteiger partial charge in [0.15, 0.2) is 11.6 Å². The number of rotatable bonds is 3. The Bertz CT molecular complexity index is 1210. The normalized spacial score (nSPS) is 18.3. The number of aryl methyl sites for hydroxylation is 1. The summed E-state index contributed by atoms with van der Waals surface area (Å²) >= 11 is 6.29. The smallest absolute Gasteiger partial charge is 0.337 e.